The number of amides is 1. The molecule has 1 heterocycles. The van der Waals surface area contributed by atoms with Gasteiger partial charge < -0.3 is 10.9 Å². The van der Waals surface area contributed by atoms with Crippen LogP contribution in [0.15, 0.2) is 5.16 Å². The minimum absolute atomic E-state index is 0.0638. The summed E-state index contributed by atoms with van der Waals surface area (Å²) in [6.45, 7) is 1.77. The first kappa shape index (κ1) is 15.1. The van der Waals surface area contributed by atoms with Crippen molar-refractivity contribution in [2.75, 3.05) is 13.1 Å². The zero-order chi connectivity index (χ0) is 14.4. The molecular formula is C14H26N4O2. The molecule has 0 bridgehead atoms. The lowest BCUT2D eigenvalue weighted by molar-refractivity contribution is -0.133. The van der Waals surface area contributed by atoms with Crippen molar-refractivity contribution in [3.05, 3.63) is 0 Å². The normalized spacial score (nSPS) is 24.9. The molecule has 114 valence electrons. The molecule has 20 heavy (non-hydrogen) atoms. The lowest BCUT2D eigenvalue weighted by Gasteiger charge is -2.34. The standard InChI is InChI=1S/C14H26N4O2/c15-12(17-20)14(8-4-1-2-5-9-14)13(19)16-18-10-6-3-7-11-18/h20H,1-11H2,(H2,15,17)(H,16,19). The molecule has 0 atom stereocenters. The molecule has 2 rings (SSSR count). The summed E-state index contributed by atoms with van der Waals surface area (Å²) in [7, 11) is 0. The number of nitrogens with two attached hydrogens (primary N) is 1. The van der Waals surface area contributed by atoms with Crippen LogP contribution in [0, 0.1) is 5.41 Å². The summed E-state index contributed by atoms with van der Waals surface area (Å²) >= 11 is 0. The van der Waals surface area contributed by atoms with Crippen molar-refractivity contribution in [3.63, 3.8) is 0 Å². The maximum atomic E-state index is 12.7. The number of carbonyl (C=O) groups is 1. The van der Waals surface area contributed by atoms with E-state index in [0.29, 0.717) is 12.8 Å². The van der Waals surface area contributed by atoms with Crippen LogP contribution in [0.5, 0.6) is 0 Å². The van der Waals surface area contributed by atoms with Gasteiger partial charge in [0.2, 0.25) is 5.91 Å². The molecule has 1 saturated carbocycles. The third-order valence-corrected chi connectivity index (χ3v) is 4.61. The minimum Gasteiger partial charge on any atom is -0.409 e. The highest BCUT2D eigenvalue weighted by Crippen LogP contribution is 2.35. The summed E-state index contributed by atoms with van der Waals surface area (Å²) in [6.07, 6.45) is 8.89. The highest BCUT2D eigenvalue weighted by atomic mass is 16.4. The third-order valence-electron chi connectivity index (χ3n) is 4.61. The molecule has 1 saturated heterocycles. The number of amidine groups is 1. The van der Waals surface area contributed by atoms with E-state index in [1.54, 1.807) is 0 Å². The number of oxime groups is 1. The first-order valence-corrected chi connectivity index (χ1v) is 7.73. The van der Waals surface area contributed by atoms with Gasteiger partial charge in [0.05, 0.1) is 0 Å². The molecule has 0 unspecified atom stereocenters. The van der Waals surface area contributed by atoms with Crippen molar-refractivity contribution in [1.29, 1.82) is 0 Å². The van der Waals surface area contributed by atoms with Crippen LogP contribution in [0.4, 0.5) is 0 Å². The Bertz CT molecular complexity index is 356. The highest BCUT2D eigenvalue weighted by Gasteiger charge is 2.43. The highest BCUT2D eigenvalue weighted by molar-refractivity contribution is 6.06. The molecule has 0 aromatic rings. The summed E-state index contributed by atoms with van der Waals surface area (Å²) in [5.74, 6) is -0.0366. The van der Waals surface area contributed by atoms with Gasteiger partial charge >= 0.3 is 0 Å². The van der Waals surface area contributed by atoms with Crippen molar-refractivity contribution in [2.24, 2.45) is 16.3 Å². The predicted molar refractivity (Wildman–Crippen MR) is 77.1 cm³/mol. The maximum Gasteiger partial charge on any atom is 0.248 e. The van der Waals surface area contributed by atoms with Gasteiger partial charge in [-0.2, -0.15) is 0 Å². The number of hydrogen-bond donors (Lipinski definition) is 3. The fraction of sp³-hybridized carbons (Fsp3) is 0.857. The van der Waals surface area contributed by atoms with Crippen molar-refractivity contribution in [2.45, 2.75) is 57.8 Å². The van der Waals surface area contributed by atoms with Crippen LogP contribution in [-0.4, -0.2) is 35.0 Å². The van der Waals surface area contributed by atoms with Gasteiger partial charge in [0.1, 0.15) is 5.41 Å². The number of nitrogens with one attached hydrogen (secondary N) is 1. The number of hydrazine groups is 1. The minimum atomic E-state index is -0.831. The van der Waals surface area contributed by atoms with Crippen molar-refractivity contribution in [3.8, 4) is 0 Å². The molecule has 0 aromatic heterocycles. The second-order valence-corrected chi connectivity index (χ2v) is 5.97. The Balaban J connectivity index is 2.10. The summed E-state index contributed by atoms with van der Waals surface area (Å²) < 4.78 is 0. The summed E-state index contributed by atoms with van der Waals surface area (Å²) in [4.78, 5) is 12.7. The zero-order valence-corrected chi connectivity index (χ0v) is 12.1. The topological polar surface area (TPSA) is 91.0 Å². The van der Waals surface area contributed by atoms with Crippen LogP contribution in [0.3, 0.4) is 0 Å². The van der Waals surface area contributed by atoms with Gasteiger partial charge in [0.25, 0.3) is 0 Å². The van der Waals surface area contributed by atoms with Gasteiger partial charge in [-0.05, 0) is 25.7 Å². The second-order valence-electron chi connectivity index (χ2n) is 5.97. The number of nitrogens with zero attached hydrogens (tertiary/aromatic N) is 2. The Morgan fingerprint density at radius 2 is 1.60 bits per heavy atom. The van der Waals surface area contributed by atoms with Crippen molar-refractivity contribution in [1.82, 2.24) is 10.4 Å². The SMILES string of the molecule is NC(=NO)C1(C(=O)NN2CCCCC2)CCCCCC1. The quantitative estimate of drug-likeness (QED) is 0.241. The molecule has 0 aromatic carbocycles. The average Bonchev–Trinajstić information content (AvgIpc) is 2.74. The van der Waals surface area contributed by atoms with E-state index in [-0.39, 0.29) is 11.7 Å². The maximum absolute atomic E-state index is 12.7. The van der Waals surface area contributed by atoms with Gasteiger partial charge in [0, 0.05) is 13.1 Å². The molecule has 6 heteroatoms. The number of piperidine rings is 1. The van der Waals surface area contributed by atoms with E-state index < -0.39 is 5.41 Å². The third kappa shape index (κ3) is 3.23. The molecular weight excluding hydrogens is 256 g/mol. The van der Waals surface area contributed by atoms with Gasteiger partial charge in [-0.15, -0.1) is 0 Å². The van der Waals surface area contributed by atoms with Crippen LogP contribution in [0.1, 0.15) is 57.8 Å². The number of hydrogen-bond acceptors (Lipinski definition) is 4. The molecule has 1 amide bonds. The molecule has 4 N–H and O–H groups in total. The van der Waals surface area contributed by atoms with Crippen molar-refractivity contribution < 1.29 is 10.0 Å². The molecule has 0 spiro atoms. The average molecular weight is 282 g/mol. The van der Waals surface area contributed by atoms with Gasteiger partial charge in [0.15, 0.2) is 5.84 Å². The van der Waals surface area contributed by atoms with E-state index in [9.17, 15) is 4.79 Å². The molecule has 1 aliphatic heterocycles. The van der Waals surface area contributed by atoms with E-state index in [0.717, 1.165) is 51.6 Å². The van der Waals surface area contributed by atoms with Gasteiger partial charge in [-0.25, -0.2) is 5.01 Å². The zero-order valence-electron chi connectivity index (χ0n) is 12.1. The van der Waals surface area contributed by atoms with Crippen molar-refractivity contribution >= 4 is 11.7 Å². The molecule has 0 radical (unpaired) electrons. The van der Waals surface area contributed by atoms with Crippen LogP contribution < -0.4 is 11.2 Å². The monoisotopic (exact) mass is 282 g/mol. The molecule has 1 aliphatic carbocycles. The van der Waals surface area contributed by atoms with E-state index in [1.165, 1.54) is 6.42 Å². The summed E-state index contributed by atoms with van der Waals surface area (Å²) in [6, 6.07) is 0. The van der Waals surface area contributed by atoms with Crippen LogP contribution in [0.25, 0.3) is 0 Å². The van der Waals surface area contributed by atoms with E-state index in [1.807, 2.05) is 5.01 Å². The predicted octanol–water partition coefficient (Wildman–Crippen LogP) is 1.59. The lowest BCUT2D eigenvalue weighted by Crippen LogP contribution is -2.55. The molecule has 2 fully saturated rings. The fourth-order valence-electron chi connectivity index (χ4n) is 3.28. The van der Waals surface area contributed by atoms with E-state index >= 15 is 0 Å². The first-order valence-electron chi connectivity index (χ1n) is 7.73. The van der Waals surface area contributed by atoms with E-state index in [4.69, 9.17) is 10.9 Å². The largest absolute Gasteiger partial charge is 0.409 e. The lowest BCUT2D eigenvalue weighted by atomic mass is 9.78. The Hall–Kier alpha value is -1.30. The summed E-state index contributed by atoms with van der Waals surface area (Å²) in [5, 5.41) is 14.2. The summed E-state index contributed by atoms with van der Waals surface area (Å²) in [5.41, 5.74) is 8.04. The molecule has 6 nitrogen and oxygen atoms in total. The van der Waals surface area contributed by atoms with E-state index in [2.05, 4.69) is 10.6 Å². The second kappa shape index (κ2) is 6.92. The van der Waals surface area contributed by atoms with Crippen LogP contribution >= 0.6 is 0 Å². The number of carbonyl (C=O) groups excluding carboxylic acids is 1. The Kier molecular flexibility index (Phi) is 5.23. The van der Waals surface area contributed by atoms with Gasteiger partial charge in [-0.1, -0.05) is 37.3 Å². The smallest absolute Gasteiger partial charge is 0.248 e. The fourth-order valence-corrected chi connectivity index (χ4v) is 3.28. The van der Waals surface area contributed by atoms with Crippen LogP contribution in [0.2, 0.25) is 0 Å². The Labute approximate surface area is 120 Å². The van der Waals surface area contributed by atoms with Gasteiger partial charge in [-0.3, -0.25) is 10.2 Å². The number of rotatable bonds is 3. The Morgan fingerprint density at radius 3 is 2.15 bits per heavy atom. The first-order chi connectivity index (χ1) is 9.69. The van der Waals surface area contributed by atoms with Crippen LogP contribution in [-0.2, 0) is 4.79 Å². The Morgan fingerprint density at radius 1 is 1.05 bits per heavy atom. The molecule has 2 aliphatic rings.